The van der Waals surface area contributed by atoms with Crippen LogP contribution >= 0.6 is 0 Å². The number of unbranched alkanes of at least 4 members (excludes halogenated alkanes) is 3. The lowest BCUT2D eigenvalue weighted by atomic mass is 10.2. The van der Waals surface area contributed by atoms with E-state index in [1.54, 1.807) is 11.9 Å². The largest absolute Gasteiger partial charge is 0.444 e. The van der Waals surface area contributed by atoms with E-state index in [-0.39, 0.29) is 12.7 Å². The smallest absolute Gasteiger partial charge is 0.410 e. The van der Waals surface area contributed by atoms with E-state index in [1.807, 2.05) is 20.8 Å². The van der Waals surface area contributed by atoms with Gasteiger partial charge in [0.15, 0.2) is 0 Å². The Hall–Kier alpha value is -1.21. The van der Waals surface area contributed by atoms with Gasteiger partial charge in [0, 0.05) is 33.0 Å². The molecule has 0 radical (unpaired) electrons. The lowest BCUT2D eigenvalue weighted by molar-refractivity contribution is 0.0296. The Labute approximate surface area is 117 Å². The first-order chi connectivity index (χ1) is 8.87. The van der Waals surface area contributed by atoms with Crippen LogP contribution in [0.3, 0.4) is 0 Å². The third-order valence-corrected chi connectivity index (χ3v) is 2.34. The van der Waals surface area contributed by atoms with Crippen molar-refractivity contribution in [3.8, 4) is 11.8 Å². The molecule has 1 amide bonds. The van der Waals surface area contributed by atoms with Crippen LogP contribution in [0.5, 0.6) is 0 Å². The lowest BCUT2D eigenvalue weighted by Gasteiger charge is -2.24. The first-order valence-corrected chi connectivity index (χ1v) is 6.87. The van der Waals surface area contributed by atoms with Gasteiger partial charge in [-0.1, -0.05) is 0 Å². The highest BCUT2D eigenvalue weighted by Crippen LogP contribution is 2.09. The summed E-state index contributed by atoms with van der Waals surface area (Å²) in [6, 6.07) is 0. The number of hydrogen-bond donors (Lipinski definition) is 1. The van der Waals surface area contributed by atoms with Gasteiger partial charge in [0.1, 0.15) is 5.60 Å². The fourth-order valence-electron chi connectivity index (χ4n) is 1.34. The molecule has 0 spiro atoms. The first kappa shape index (κ1) is 17.8. The second-order valence-electron chi connectivity index (χ2n) is 5.54. The lowest BCUT2D eigenvalue weighted by Crippen LogP contribution is -2.34. The molecule has 0 aliphatic carbocycles. The standard InChI is InChI=1S/C15H27NO3/c1-15(2,3)19-14(18)16(4)12-10-8-6-5-7-9-11-13-17/h17H,6,8-13H2,1-4H3. The maximum Gasteiger partial charge on any atom is 0.410 e. The molecule has 0 aromatic rings. The summed E-state index contributed by atoms with van der Waals surface area (Å²) in [5.74, 6) is 6.08. The van der Waals surface area contributed by atoms with Crippen molar-refractivity contribution in [2.45, 2.75) is 58.5 Å². The molecule has 1 N–H and O–H groups in total. The summed E-state index contributed by atoms with van der Waals surface area (Å²) in [5.41, 5.74) is -0.441. The fourth-order valence-corrected chi connectivity index (χ4v) is 1.34. The predicted molar refractivity (Wildman–Crippen MR) is 76.8 cm³/mol. The monoisotopic (exact) mass is 269 g/mol. The zero-order chi connectivity index (χ0) is 14.7. The normalized spacial score (nSPS) is 10.6. The van der Waals surface area contributed by atoms with Crippen molar-refractivity contribution < 1.29 is 14.6 Å². The molecule has 0 aliphatic rings. The number of ether oxygens (including phenoxy) is 1. The first-order valence-electron chi connectivity index (χ1n) is 6.87. The van der Waals surface area contributed by atoms with Gasteiger partial charge in [0.25, 0.3) is 0 Å². The summed E-state index contributed by atoms with van der Waals surface area (Å²) in [7, 11) is 1.75. The van der Waals surface area contributed by atoms with Crippen LogP contribution in [0.1, 0.15) is 52.9 Å². The van der Waals surface area contributed by atoms with E-state index in [2.05, 4.69) is 11.8 Å². The van der Waals surface area contributed by atoms with Crippen LogP contribution in [-0.4, -0.2) is 41.9 Å². The Kier molecular flexibility index (Phi) is 9.07. The van der Waals surface area contributed by atoms with Crippen molar-refractivity contribution in [1.29, 1.82) is 0 Å². The Morgan fingerprint density at radius 2 is 1.74 bits per heavy atom. The fraction of sp³-hybridized carbons (Fsp3) is 0.800. The maximum atomic E-state index is 11.6. The minimum Gasteiger partial charge on any atom is -0.444 e. The minimum absolute atomic E-state index is 0.204. The van der Waals surface area contributed by atoms with Crippen LogP contribution < -0.4 is 0 Å². The van der Waals surface area contributed by atoms with E-state index in [4.69, 9.17) is 9.84 Å². The molecule has 0 fully saturated rings. The Bertz CT molecular complexity index is 310. The van der Waals surface area contributed by atoms with Gasteiger partial charge in [0.05, 0.1) is 0 Å². The molecule has 110 valence electrons. The van der Waals surface area contributed by atoms with Crippen molar-refractivity contribution in [1.82, 2.24) is 4.90 Å². The van der Waals surface area contributed by atoms with Crippen molar-refractivity contribution in [2.75, 3.05) is 20.2 Å². The van der Waals surface area contributed by atoms with E-state index in [0.29, 0.717) is 6.54 Å². The maximum absolute atomic E-state index is 11.6. The number of carbonyl (C=O) groups is 1. The molecule has 4 heteroatoms. The third kappa shape index (κ3) is 11.6. The highest BCUT2D eigenvalue weighted by Gasteiger charge is 2.18. The quantitative estimate of drug-likeness (QED) is 0.596. The van der Waals surface area contributed by atoms with Gasteiger partial charge in [-0.25, -0.2) is 4.79 Å². The van der Waals surface area contributed by atoms with Gasteiger partial charge in [-0.05, 0) is 40.0 Å². The molecule has 0 aromatic heterocycles. The SMILES string of the molecule is CN(CCCCC#CCCCO)C(=O)OC(C)(C)C. The molecular formula is C15H27NO3. The van der Waals surface area contributed by atoms with E-state index in [0.717, 1.165) is 32.1 Å². The van der Waals surface area contributed by atoms with Gasteiger partial charge in [-0.3, -0.25) is 0 Å². The minimum atomic E-state index is -0.441. The van der Waals surface area contributed by atoms with Gasteiger partial charge in [-0.15, -0.1) is 11.8 Å². The van der Waals surface area contributed by atoms with Gasteiger partial charge in [-0.2, -0.15) is 0 Å². The summed E-state index contributed by atoms with van der Waals surface area (Å²) < 4.78 is 5.26. The van der Waals surface area contributed by atoms with E-state index < -0.39 is 5.60 Å². The summed E-state index contributed by atoms with van der Waals surface area (Å²) in [5, 5.41) is 8.58. The molecule has 0 atom stereocenters. The summed E-state index contributed by atoms with van der Waals surface area (Å²) in [6.07, 6.45) is 3.96. The van der Waals surface area contributed by atoms with Crippen LogP contribution in [0.25, 0.3) is 0 Å². The van der Waals surface area contributed by atoms with E-state index in [1.165, 1.54) is 0 Å². The molecule has 0 heterocycles. The van der Waals surface area contributed by atoms with Crippen molar-refractivity contribution in [3.05, 3.63) is 0 Å². The molecule has 0 unspecified atom stereocenters. The number of hydrogen-bond acceptors (Lipinski definition) is 3. The summed E-state index contributed by atoms with van der Waals surface area (Å²) in [6.45, 7) is 6.48. The Morgan fingerprint density at radius 1 is 1.16 bits per heavy atom. The third-order valence-electron chi connectivity index (χ3n) is 2.34. The number of amides is 1. The molecule has 0 rings (SSSR count). The molecular weight excluding hydrogens is 242 g/mol. The van der Waals surface area contributed by atoms with Crippen molar-refractivity contribution in [3.63, 3.8) is 0 Å². The zero-order valence-corrected chi connectivity index (χ0v) is 12.7. The van der Waals surface area contributed by atoms with E-state index >= 15 is 0 Å². The Morgan fingerprint density at radius 3 is 2.26 bits per heavy atom. The van der Waals surface area contributed by atoms with Crippen LogP contribution in [-0.2, 0) is 4.74 Å². The molecule has 4 nitrogen and oxygen atoms in total. The zero-order valence-electron chi connectivity index (χ0n) is 12.7. The highest BCUT2D eigenvalue weighted by molar-refractivity contribution is 5.67. The molecule has 0 saturated carbocycles. The van der Waals surface area contributed by atoms with Crippen LogP contribution in [0.2, 0.25) is 0 Å². The number of aliphatic hydroxyl groups excluding tert-OH is 1. The number of aliphatic hydroxyl groups is 1. The van der Waals surface area contributed by atoms with Crippen molar-refractivity contribution in [2.24, 2.45) is 0 Å². The van der Waals surface area contributed by atoms with Crippen LogP contribution in [0.4, 0.5) is 4.79 Å². The average Bonchev–Trinajstić information content (AvgIpc) is 2.30. The van der Waals surface area contributed by atoms with Gasteiger partial charge < -0.3 is 14.7 Å². The molecule has 0 aliphatic heterocycles. The highest BCUT2D eigenvalue weighted by atomic mass is 16.6. The van der Waals surface area contributed by atoms with Crippen molar-refractivity contribution >= 4 is 6.09 Å². The molecule has 19 heavy (non-hydrogen) atoms. The molecule has 0 saturated heterocycles. The molecule has 0 bridgehead atoms. The molecule has 0 aromatic carbocycles. The van der Waals surface area contributed by atoms with Gasteiger partial charge in [0.2, 0.25) is 0 Å². The Balaban J connectivity index is 3.65. The predicted octanol–water partition coefficient (Wildman–Crippen LogP) is 2.80. The van der Waals surface area contributed by atoms with Crippen LogP contribution in [0.15, 0.2) is 0 Å². The van der Waals surface area contributed by atoms with Crippen LogP contribution in [0, 0.1) is 11.8 Å². The number of nitrogens with zero attached hydrogens (tertiary/aromatic N) is 1. The number of rotatable bonds is 6. The summed E-state index contributed by atoms with van der Waals surface area (Å²) >= 11 is 0. The number of carbonyl (C=O) groups excluding carboxylic acids is 1. The van der Waals surface area contributed by atoms with Gasteiger partial charge >= 0.3 is 6.09 Å². The second kappa shape index (κ2) is 9.69. The van der Waals surface area contributed by atoms with E-state index in [9.17, 15) is 4.79 Å². The average molecular weight is 269 g/mol. The second-order valence-corrected chi connectivity index (χ2v) is 5.54. The summed E-state index contributed by atoms with van der Waals surface area (Å²) in [4.78, 5) is 13.3. The topological polar surface area (TPSA) is 49.8 Å².